The van der Waals surface area contributed by atoms with Gasteiger partial charge < -0.3 is 28.9 Å². The standard InChI is InChI=1S/C17H15N3O6S/c21-5-14-10(22)4-13(25-14)17-18-9(6-27-17)16-19-15(20-26-16)8-1-2-11-12(3-8)24-7-23-11/h1-3,6,10,13-14,21-22H,4-5,7H2/t10-,13+,14+/m0/s1. The van der Waals surface area contributed by atoms with Crippen molar-refractivity contribution in [2.24, 2.45) is 0 Å². The van der Waals surface area contributed by atoms with Gasteiger partial charge in [0.2, 0.25) is 12.6 Å². The van der Waals surface area contributed by atoms with Crippen LogP contribution in [0.25, 0.3) is 23.0 Å². The molecule has 0 aliphatic carbocycles. The average molecular weight is 389 g/mol. The van der Waals surface area contributed by atoms with Crippen molar-refractivity contribution in [1.29, 1.82) is 0 Å². The van der Waals surface area contributed by atoms with E-state index in [1.165, 1.54) is 11.3 Å². The Bertz CT molecular complexity index is 973. The van der Waals surface area contributed by atoms with Gasteiger partial charge in [-0.15, -0.1) is 11.3 Å². The predicted octanol–water partition coefficient (Wildman–Crippen LogP) is 1.77. The minimum Gasteiger partial charge on any atom is -0.454 e. The third-order valence-corrected chi connectivity index (χ3v) is 5.41. The zero-order valence-electron chi connectivity index (χ0n) is 13.9. The van der Waals surface area contributed by atoms with E-state index in [9.17, 15) is 10.2 Å². The zero-order chi connectivity index (χ0) is 18.4. The van der Waals surface area contributed by atoms with Crippen LogP contribution in [0.5, 0.6) is 11.5 Å². The molecule has 9 nitrogen and oxygen atoms in total. The van der Waals surface area contributed by atoms with E-state index < -0.39 is 12.2 Å². The van der Waals surface area contributed by atoms with Crippen molar-refractivity contribution in [3.63, 3.8) is 0 Å². The first kappa shape index (κ1) is 16.6. The molecular formula is C17H15N3O6S. The molecule has 140 valence electrons. The molecule has 2 aliphatic rings. The minimum atomic E-state index is -0.701. The summed E-state index contributed by atoms with van der Waals surface area (Å²) in [6, 6.07) is 5.43. The van der Waals surface area contributed by atoms with Gasteiger partial charge in [0.15, 0.2) is 11.5 Å². The van der Waals surface area contributed by atoms with Gasteiger partial charge in [-0.05, 0) is 18.2 Å². The van der Waals surface area contributed by atoms with E-state index in [2.05, 4.69) is 15.1 Å². The van der Waals surface area contributed by atoms with Gasteiger partial charge in [-0.25, -0.2) is 4.98 Å². The van der Waals surface area contributed by atoms with Crippen LogP contribution in [0.4, 0.5) is 0 Å². The van der Waals surface area contributed by atoms with Gasteiger partial charge in [0.05, 0.1) is 12.7 Å². The summed E-state index contributed by atoms with van der Waals surface area (Å²) in [7, 11) is 0. The molecule has 10 heteroatoms. The normalized spacial score (nSPS) is 23.9. The molecule has 0 spiro atoms. The summed E-state index contributed by atoms with van der Waals surface area (Å²) < 4.78 is 21.6. The third kappa shape index (κ3) is 2.96. The van der Waals surface area contributed by atoms with E-state index in [1.807, 2.05) is 6.07 Å². The van der Waals surface area contributed by atoms with E-state index in [4.69, 9.17) is 18.7 Å². The second kappa shape index (κ2) is 6.57. The number of fused-ring (bicyclic) bond motifs is 1. The summed E-state index contributed by atoms with van der Waals surface area (Å²) in [5, 5.41) is 25.6. The number of rotatable bonds is 4. The number of ether oxygens (including phenoxy) is 3. The molecule has 4 heterocycles. The summed E-state index contributed by atoms with van der Waals surface area (Å²) in [4.78, 5) is 8.89. The first-order chi connectivity index (χ1) is 13.2. The monoisotopic (exact) mass is 389 g/mol. The fraction of sp³-hybridized carbons (Fsp3) is 0.353. The largest absolute Gasteiger partial charge is 0.454 e. The SMILES string of the molecule is OC[C@H]1O[C@@H](c2nc(-c3nc(-c4ccc5c(c4)OCO5)no3)cs2)C[C@@H]1O. The molecule has 1 fully saturated rings. The molecule has 3 aromatic rings. The van der Waals surface area contributed by atoms with E-state index in [-0.39, 0.29) is 19.5 Å². The lowest BCUT2D eigenvalue weighted by Crippen LogP contribution is -2.24. The fourth-order valence-electron chi connectivity index (χ4n) is 3.07. The molecule has 1 saturated heterocycles. The molecule has 0 bridgehead atoms. The van der Waals surface area contributed by atoms with Crippen molar-refractivity contribution >= 4 is 11.3 Å². The number of aliphatic hydroxyl groups is 2. The number of hydrogen-bond acceptors (Lipinski definition) is 10. The quantitative estimate of drug-likeness (QED) is 0.688. The number of benzene rings is 1. The van der Waals surface area contributed by atoms with Gasteiger partial charge in [-0.2, -0.15) is 4.98 Å². The molecule has 5 rings (SSSR count). The smallest absolute Gasteiger partial charge is 0.277 e. The van der Waals surface area contributed by atoms with Gasteiger partial charge in [-0.3, -0.25) is 0 Å². The Kier molecular flexibility index (Phi) is 4.05. The first-order valence-electron chi connectivity index (χ1n) is 8.35. The molecule has 27 heavy (non-hydrogen) atoms. The Morgan fingerprint density at radius 3 is 2.93 bits per heavy atom. The Morgan fingerprint density at radius 1 is 1.19 bits per heavy atom. The van der Waals surface area contributed by atoms with Crippen molar-refractivity contribution in [2.75, 3.05) is 13.4 Å². The van der Waals surface area contributed by atoms with Gasteiger partial charge in [0.1, 0.15) is 22.9 Å². The lowest BCUT2D eigenvalue weighted by molar-refractivity contribution is -0.0225. The van der Waals surface area contributed by atoms with Crippen LogP contribution in [0.15, 0.2) is 28.1 Å². The summed E-state index contributed by atoms with van der Waals surface area (Å²) in [6.07, 6.45) is -1.24. The maximum Gasteiger partial charge on any atom is 0.277 e. The number of hydrogen-bond donors (Lipinski definition) is 2. The van der Waals surface area contributed by atoms with Crippen LogP contribution in [0, 0.1) is 0 Å². The lowest BCUT2D eigenvalue weighted by Gasteiger charge is -2.09. The highest BCUT2D eigenvalue weighted by molar-refractivity contribution is 7.10. The molecule has 2 aliphatic heterocycles. The van der Waals surface area contributed by atoms with Crippen LogP contribution in [0.3, 0.4) is 0 Å². The Labute approximate surface area is 157 Å². The Balaban J connectivity index is 1.37. The zero-order valence-corrected chi connectivity index (χ0v) is 14.8. The molecular weight excluding hydrogens is 374 g/mol. The Hall–Kier alpha value is -2.53. The van der Waals surface area contributed by atoms with Crippen molar-refractivity contribution < 1.29 is 28.9 Å². The summed E-state index contributed by atoms with van der Waals surface area (Å²) in [6.45, 7) is -0.0224. The molecule has 3 atom stereocenters. The Morgan fingerprint density at radius 2 is 2.07 bits per heavy atom. The maximum absolute atomic E-state index is 9.87. The number of thiazole rings is 1. The number of aromatic nitrogens is 3. The highest BCUT2D eigenvalue weighted by Crippen LogP contribution is 2.37. The molecule has 0 amide bonds. The van der Waals surface area contributed by atoms with Crippen LogP contribution < -0.4 is 9.47 Å². The van der Waals surface area contributed by atoms with Crippen LogP contribution in [-0.2, 0) is 4.74 Å². The highest BCUT2D eigenvalue weighted by Gasteiger charge is 2.36. The minimum absolute atomic E-state index is 0.201. The molecule has 2 aromatic heterocycles. The topological polar surface area (TPSA) is 120 Å². The second-order valence-electron chi connectivity index (χ2n) is 6.21. The number of nitrogens with zero attached hydrogens (tertiary/aromatic N) is 3. The third-order valence-electron chi connectivity index (χ3n) is 4.48. The van der Waals surface area contributed by atoms with Crippen LogP contribution in [0.1, 0.15) is 17.5 Å². The maximum atomic E-state index is 9.87. The molecule has 0 saturated carbocycles. The first-order valence-corrected chi connectivity index (χ1v) is 9.23. The van der Waals surface area contributed by atoms with Gasteiger partial charge in [0.25, 0.3) is 5.89 Å². The van der Waals surface area contributed by atoms with E-state index in [0.29, 0.717) is 40.3 Å². The molecule has 0 radical (unpaired) electrons. The second-order valence-corrected chi connectivity index (χ2v) is 7.10. The lowest BCUT2D eigenvalue weighted by atomic mass is 10.1. The van der Waals surface area contributed by atoms with Gasteiger partial charge in [0, 0.05) is 17.4 Å². The number of aliphatic hydroxyl groups excluding tert-OH is 2. The van der Waals surface area contributed by atoms with Gasteiger partial charge in [-0.1, -0.05) is 5.16 Å². The van der Waals surface area contributed by atoms with E-state index in [0.717, 1.165) is 5.56 Å². The average Bonchev–Trinajstić information content (AvgIpc) is 3.44. The summed E-state index contributed by atoms with van der Waals surface area (Å²) >= 11 is 1.38. The van der Waals surface area contributed by atoms with Crippen molar-refractivity contribution in [1.82, 2.24) is 15.1 Å². The van der Waals surface area contributed by atoms with Crippen LogP contribution in [-0.4, -0.2) is 50.9 Å². The summed E-state index contributed by atoms with van der Waals surface area (Å²) in [5.74, 6) is 2.05. The predicted molar refractivity (Wildman–Crippen MR) is 92.3 cm³/mol. The molecule has 0 unspecified atom stereocenters. The van der Waals surface area contributed by atoms with Crippen LogP contribution in [0.2, 0.25) is 0 Å². The van der Waals surface area contributed by atoms with E-state index >= 15 is 0 Å². The van der Waals surface area contributed by atoms with Crippen molar-refractivity contribution in [3.8, 4) is 34.5 Å². The van der Waals surface area contributed by atoms with Gasteiger partial charge >= 0.3 is 0 Å². The van der Waals surface area contributed by atoms with Crippen molar-refractivity contribution in [3.05, 3.63) is 28.6 Å². The molecule has 1 aromatic carbocycles. The van der Waals surface area contributed by atoms with E-state index in [1.54, 1.807) is 17.5 Å². The molecule has 2 N–H and O–H groups in total. The van der Waals surface area contributed by atoms with Crippen molar-refractivity contribution in [2.45, 2.75) is 24.7 Å². The highest BCUT2D eigenvalue weighted by atomic mass is 32.1. The summed E-state index contributed by atoms with van der Waals surface area (Å²) in [5.41, 5.74) is 1.29. The van der Waals surface area contributed by atoms with Crippen LogP contribution >= 0.6 is 11.3 Å². The fourth-order valence-corrected chi connectivity index (χ4v) is 3.91.